The molecule has 0 fully saturated rings. The number of benzene rings is 1. The summed E-state index contributed by atoms with van der Waals surface area (Å²) in [6.07, 6.45) is 3.66. The van der Waals surface area contributed by atoms with Gasteiger partial charge in [0.1, 0.15) is 0 Å². The monoisotopic (exact) mass is 200 g/mol. The molecule has 0 N–H and O–H groups in total. The number of carbonyl (C=O) groups is 1. The topological polar surface area (TPSA) is 34.9 Å². The molecule has 2 aromatic rings. The van der Waals surface area contributed by atoms with Crippen molar-refractivity contribution in [1.82, 2.24) is 9.78 Å². The van der Waals surface area contributed by atoms with Crippen LogP contribution in [-0.2, 0) is 6.42 Å². The molecule has 0 spiro atoms. The van der Waals surface area contributed by atoms with Crippen LogP contribution in [0, 0.1) is 6.92 Å². The predicted octanol–water partition coefficient (Wildman–Crippen LogP) is 2.07. The molecule has 1 heterocycles. The third-order valence-electron chi connectivity index (χ3n) is 2.20. The molecule has 0 unspecified atom stereocenters. The quantitative estimate of drug-likeness (QED) is 0.743. The lowest BCUT2D eigenvalue weighted by molar-refractivity contribution is 0.0898. The highest BCUT2D eigenvalue weighted by Crippen LogP contribution is 2.05. The van der Waals surface area contributed by atoms with Crippen molar-refractivity contribution >= 4 is 5.91 Å². The molecular formula is C12H12N2O. The minimum absolute atomic E-state index is 0.00870. The predicted molar refractivity (Wildman–Crippen MR) is 57.7 cm³/mol. The summed E-state index contributed by atoms with van der Waals surface area (Å²) in [5.74, 6) is -0.00870. The van der Waals surface area contributed by atoms with Crippen LogP contribution in [0.15, 0.2) is 42.7 Å². The Balaban J connectivity index is 2.13. The van der Waals surface area contributed by atoms with Crippen LogP contribution in [0.2, 0.25) is 0 Å². The molecule has 3 heteroatoms. The Morgan fingerprint density at radius 3 is 2.93 bits per heavy atom. The maximum Gasteiger partial charge on any atom is 0.251 e. The Morgan fingerprint density at radius 2 is 2.27 bits per heavy atom. The number of hydrogen-bond acceptors (Lipinski definition) is 2. The number of aromatic nitrogens is 2. The molecule has 0 atom stereocenters. The van der Waals surface area contributed by atoms with Gasteiger partial charge in [0, 0.05) is 12.4 Å². The average Bonchev–Trinajstić information content (AvgIpc) is 2.70. The van der Waals surface area contributed by atoms with Gasteiger partial charge in [-0.05, 0) is 18.6 Å². The second-order valence-corrected chi connectivity index (χ2v) is 3.51. The van der Waals surface area contributed by atoms with Crippen LogP contribution in [-0.4, -0.2) is 15.7 Å². The van der Waals surface area contributed by atoms with Gasteiger partial charge < -0.3 is 0 Å². The van der Waals surface area contributed by atoms with Crippen molar-refractivity contribution < 1.29 is 4.79 Å². The molecule has 0 saturated carbocycles. The van der Waals surface area contributed by atoms with E-state index in [1.807, 2.05) is 31.2 Å². The summed E-state index contributed by atoms with van der Waals surface area (Å²) < 4.78 is 1.36. The van der Waals surface area contributed by atoms with E-state index >= 15 is 0 Å². The second kappa shape index (κ2) is 4.09. The van der Waals surface area contributed by atoms with Crippen molar-refractivity contribution in [1.29, 1.82) is 0 Å². The summed E-state index contributed by atoms with van der Waals surface area (Å²) >= 11 is 0. The zero-order valence-corrected chi connectivity index (χ0v) is 8.55. The van der Waals surface area contributed by atoms with Gasteiger partial charge >= 0.3 is 0 Å². The first kappa shape index (κ1) is 9.65. The van der Waals surface area contributed by atoms with Gasteiger partial charge in [0.2, 0.25) is 0 Å². The lowest BCUT2D eigenvalue weighted by Crippen LogP contribution is -2.13. The van der Waals surface area contributed by atoms with E-state index in [0.29, 0.717) is 6.42 Å². The molecule has 0 aliphatic rings. The number of aryl methyl sites for hydroxylation is 1. The molecule has 2 rings (SSSR count). The van der Waals surface area contributed by atoms with Crippen molar-refractivity contribution in [2.75, 3.05) is 0 Å². The van der Waals surface area contributed by atoms with Gasteiger partial charge in [-0.2, -0.15) is 5.10 Å². The Hall–Kier alpha value is -1.90. The molecule has 3 nitrogen and oxygen atoms in total. The minimum Gasteiger partial charge on any atom is -0.272 e. The fraction of sp³-hybridized carbons (Fsp3) is 0.167. The van der Waals surface area contributed by atoms with E-state index in [1.165, 1.54) is 10.2 Å². The van der Waals surface area contributed by atoms with Crippen LogP contribution >= 0.6 is 0 Å². The third kappa shape index (κ3) is 2.31. The van der Waals surface area contributed by atoms with Crippen molar-refractivity contribution in [2.45, 2.75) is 13.3 Å². The van der Waals surface area contributed by atoms with Gasteiger partial charge in [0.25, 0.3) is 5.91 Å². The van der Waals surface area contributed by atoms with Crippen molar-refractivity contribution in [3.63, 3.8) is 0 Å². The van der Waals surface area contributed by atoms with Crippen molar-refractivity contribution in [3.05, 3.63) is 53.9 Å². The van der Waals surface area contributed by atoms with Gasteiger partial charge in [0.15, 0.2) is 0 Å². The van der Waals surface area contributed by atoms with E-state index in [-0.39, 0.29) is 5.91 Å². The maximum atomic E-state index is 11.7. The van der Waals surface area contributed by atoms with Crippen LogP contribution < -0.4 is 0 Å². The number of rotatable bonds is 2. The lowest BCUT2D eigenvalue weighted by atomic mass is 10.1. The molecule has 1 aromatic carbocycles. The van der Waals surface area contributed by atoms with Gasteiger partial charge in [-0.1, -0.05) is 29.8 Å². The normalized spacial score (nSPS) is 10.2. The average molecular weight is 200 g/mol. The summed E-state index contributed by atoms with van der Waals surface area (Å²) in [4.78, 5) is 11.7. The molecule has 0 amide bonds. The van der Waals surface area contributed by atoms with Crippen LogP contribution in [0.3, 0.4) is 0 Å². The second-order valence-electron chi connectivity index (χ2n) is 3.51. The largest absolute Gasteiger partial charge is 0.272 e. The fourth-order valence-corrected chi connectivity index (χ4v) is 1.49. The Bertz CT molecular complexity index is 460. The molecule has 0 bridgehead atoms. The maximum absolute atomic E-state index is 11.7. The molecular weight excluding hydrogens is 188 g/mol. The number of hydrogen-bond donors (Lipinski definition) is 0. The summed E-state index contributed by atoms with van der Waals surface area (Å²) in [6.45, 7) is 2.02. The highest BCUT2D eigenvalue weighted by molar-refractivity contribution is 5.80. The molecule has 1 aromatic heterocycles. The van der Waals surface area contributed by atoms with E-state index in [2.05, 4.69) is 5.10 Å². The molecule has 0 aliphatic carbocycles. The Labute approximate surface area is 88.4 Å². The van der Waals surface area contributed by atoms with Crippen LogP contribution in [0.25, 0.3) is 0 Å². The highest BCUT2D eigenvalue weighted by atomic mass is 16.2. The van der Waals surface area contributed by atoms with E-state index in [1.54, 1.807) is 18.5 Å². The van der Waals surface area contributed by atoms with Crippen molar-refractivity contribution in [2.24, 2.45) is 0 Å². The number of nitrogens with zero attached hydrogens (tertiary/aromatic N) is 2. The van der Waals surface area contributed by atoms with E-state index in [0.717, 1.165) is 5.56 Å². The van der Waals surface area contributed by atoms with Gasteiger partial charge in [-0.3, -0.25) is 4.79 Å². The molecule has 0 saturated heterocycles. The summed E-state index contributed by atoms with van der Waals surface area (Å²) in [5, 5.41) is 3.90. The van der Waals surface area contributed by atoms with Gasteiger partial charge in [0.05, 0.1) is 6.42 Å². The van der Waals surface area contributed by atoms with Gasteiger partial charge in [-0.15, -0.1) is 0 Å². The SMILES string of the molecule is Cc1cccc(CC(=O)n2cccn2)c1. The zero-order valence-electron chi connectivity index (χ0n) is 8.55. The molecule has 76 valence electrons. The standard InChI is InChI=1S/C12H12N2O/c1-10-4-2-5-11(8-10)9-12(15)14-7-3-6-13-14/h2-8H,9H2,1H3. The van der Waals surface area contributed by atoms with Crippen LogP contribution in [0.1, 0.15) is 15.9 Å². The minimum atomic E-state index is -0.00870. The molecule has 0 radical (unpaired) electrons. The first-order valence-corrected chi connectivity index (χ1v) is 4.84. The smallest absolute Gasteiger partial charge is 0.251 e. The van der Waals surface area contributed by atoms with Crippen molar-refractivity contribution in [3.8, 4) is 0 Å². The highest BCUT2D eigenvalue weighted by Gasteiger charge is 2.05. The summed E-state index contributed by atoms with van der Waals surface area (Å²) in [6, 6.07) is 9.69. The first-order chi connectivity index (χ1) is 7.25. The Morgan fingerprint density at radius 1 is 1.40 bits per heavy atom. The fourth-order valence-electron chi connectivity index (χ4n) is 1.49. The van der Waals surface area contributed by atoms with Crippen LogP contribution in [0.4, 0.5) is 0 Å². The summed E-state index contributed by atoms with van der Waals surface area (Å²) in [7, 11) is 0. The van der Waals surface area contributed by atoms with E-state index in [4.69, 9.17) is 0 Å². The molecule has 15 heavy (non-hydrogen) atoms. The first-order valence-electron chi connectivity index (χ1n) is 4.84. The number of carbonyl (C=O) groups excluding carboxylic acids is 1. The van der Waals surface area contributed by atoms with Gasteiger partial charge in [-0.25, -0.2) is 4.68 Å². The molecule has 0 aliphatic heterocycles. The van der Waals surface area contributed by atoms with E-state index in [9.17, 15) is 4.79 Å². The Kier molecular flexibility index (Phi) is 2.63. The summed E-state index contributed by atoms with van der Waals surface area (Å²) in [5.41, 5.74) is 2.19. The van der Waals surface area contributed by atoms with Crippen LogP contribution in [0.5, 0.6) is 0 Å². The van der Waals surface area contributed by atoms with E-state index < -0.39 is 0 Å². The zero-order chi connectivity index (χ0) is 10.7. The third-order valence-corrected chi connectivity index (χ3v) is 2.20. The lowest BCUT2D eigenvalue weighted by Gasteiger charge is -2.01.